The molecule has 0 bridgehead atoms. The van der Waals surface area contributed by atoms with Crippen LogP contribution in [-0.2, 0) is 9.53 Å². The number of para-hydroxylation sites is 1. The highest BCUT2D eigenvalue weighted by Crippen LogP contribution is 2.44. The van der Waals surface area contributed by atoms with Crippen molar-refractivity contribution in [3.63, 3.8) is 0 Å². The standard InChI is InChI=1S/C29H36N4O5/c1-5-29(6-2)16-24(34)33(27(30)32-29)21-13-14-37-22-12-11-18(15-20(21)22)26(35)31-25-19-9-7-8-10-23(19)38-28(25,3)17-36-4/h7-12,15,21,25H,5-6,13-14,16-17H2,1-4H3,(H2,30,32)(H,31,35)/t21-,25?,28?/m1/s1. The molecule has 9 heteroatoms. The Morgan fingerprint density at radius 2 is 1.95 bits per heavy atom. The van der Waals surface area contributed by atoms with E-state index >= 15 is 0 Å². The van der Waals surface area contributed by atoms with Crippen molar-refractivity contribution < 1.29 is 23.8 Å². The fourth-order valence-corrected chi connectivity index (χ4v) is 5.90. The lowest BCUT2D eigenvalue weighted by Gasteiger charge is -2.41. The number of benzene rings is 2. The van der Waals surface area contributed by atoms with Crippen LogP contribution in [0.1, 0.15) is 80.0 Å². The molecule has 2 unspecified atom stereocenters. The van der Waals surface area contributed by atoms with Gasteiger partial charge in [-0.1, -0.05) is 32.0 Å². The second-order valence-corrected chi connectivity index (χ2v) is 10.5. The summed E-state index contributed by atoms with van der Waals surface area (Å²) in [5.74, 6) is 1.29. The number of nitrogens with one attached hydrogen (secondary N) is 1. The van der Waals surface area contributed by atoms with Gasteiger partial charge in [-0.05, 0) is 44.0 Å². The van der Waals surface area contributed by atoms with Gasteiger partial charge in [0.2, 0.25) is 5.91 Å². The van der Waals surface area contributed by atoms with Gasteiger partial charge in [-0.2, -0.15) is 0 Å². The first-order valence-electron chi connectivity index (χ1n) is 13.3. The lowest BCUT2D eigenvalue weighted by molar-refractivity contribution is -0.132. The zero-order chi connectivity index (χ0) is 27.1. The molecular formula is C29H36N4O5. The van der Waals surface area contributed by atoms with Crippen LogP contribution in [0, 0.1) is 0 Å². The molecule has 0 saturated heterocycles. The maximum atomic E-state index is 13.6. The summed E-state index contributed by atoms with van der Waals surface area (Å²) in [6.45, 7) is 6.74. The molecule has 0 saturated carbocycles. The molecule has 0 aromatic heterocycles. The fourth-order valence-electron chi connectivity index (χ4n) is 5.90. The molecule has 38 heavy (non-hydrogen) atoms. The number of nitrogens with zero attached hydrogens (tertiary/aromatic N) is 2. The van der Waals surface area contributed by atoms with Crippen molar-refractivity contribution in [2.24, 2.45) is 10.7 Å². The number of carbonyl (C=O) groups excluding carboxylic acids is 2. The number of hydrogen-bond acceptors (Lipinski definition) is 7. The van der Waals surface area contributed by atoms with Crippen molar-refractivity contribution in [2.75, 3.05) is 20.3 Å². The molecule has 9 nitrogen and oxygen atoms in total. The minimum atomic E-state index is -0.760. The van der Waals surface area contributed by atoms with Crippen molar-refractivity contribution >= 4 is 17.8 Å². The Bertz CT molecular complexity index is 1270. The quantitative estimate of drug-likeness (QED) is 0.573. The van der Waals surface area contributed by atoms with Crippen molar-refractivity contribution in [1.29, 1.82) is 0 Å². The lowest BCUT2D eigenvalue weighted by atomic mass is 9.87. The van der Waals surface area contributed by atoms with Gasteiger partial charge in [-0.3, -0.25) is 14.5 Å². The number of methoxy groups -OCH3 is 1. The predicted molar refractivity (Wildman–Crippen MR) is 143 cm³/mol. The van der Waals surface area contributed by atoms with Gasteiger partial charge in [0.05, 0.1) is 37.3 Å². The highest BCUT2D eigenvalue weighted by atomic mass is 16.5. The summed E-state index contributed by atoms with van der Waals surface area (Å²) in [5.41, 5.74) is 7.30. The maximum absolute atomic E-state index is 13.6. The van der Waals surface area contributed by atoms with Crippen LogP contribution < -0.4 is 20.5 Å². The number of rotatable bonds is 7. The number of amides is 2. The van der Waals surface area contributed by atoms with Crippen LogP contribution in [-0.4, -0.2) is 54.1 Å². The number of nitrogens with two attached hydrogens (primary N) is 1. The van der Waals surface area contributed by atoms with Crippen molar-refractivity contribution in [3.05, 3.63) is 59.2 Å². The molecule has 202 valence electrons. The third-order valence-electron chi connectivity index (χ3n) is 8.15. The van der Waals surface area contributed by atoms with Crippen LogP contribution in [0.15, 0.2) is 47.5 Å². The van der Waals surface area contributed by atoms with E-state index < -0.39 is 17.2 Å². The number of ether oxygens (including phenoxy) is 3. The monoisotopic (exact) mass is 520 g/mol. The van der Waals surface area contributed by atoms with Gasteiger partial charge in [0.1, 0.15) is 11.5 Å². The molecule has 3 atom stereocenters. The molecular weight excluding hydrogens is 484 g/mol. The molecule has 0 radical (unpaired) electrons. The summed E-state index contributed by atoms with van der Waals surface area (Å²) in [7, 11) is 1.61. The summed E-state index contributed by atoms with van der Waals surface area (Å²) >= 11 is 0. The average molecular weight is 521 g/mol. The fraction of sp³-hybridized carbons (Fsp3) is 0.483. The zero-order valence-corrected chi connectivity index (χ0v) is 22.5. The van der Waals surface area contributed by atoms with E-state index in [1.807, 2.05) is 45.0 Å². The Labute approximate surface area is 223 Å². The topological polar surface area (TPSA) is 115 Å². The van der Waals surface area contributed by atoms with Crippen LogP contribution in [0.5, 0.6) is 11.5 Å². The first-order valence-corrected chi connectivity index (χ1v) is 13.3. The second kappa shape index (κ2) is 9.94. The van der Waals surface area contributed by atoms with E-state index in [0.29, 0.717) is 37.4 Å². The van der Waals surface area contributed by atoms with Crippen LogP contribution in [0.2, 0.25) is 0 Å². The molecule has 0 aliphatic carbocycles. The highest BCUT2D eigenvalue weighted by Gasteiger charge is 2.46. The molecule has 0 fully saturated rings. The molecule has 0 spiro atoms. The Kier molecular flexibility index (Phi) is 6.81. The SMILES string of the molecule is CCC1(CC)CC(=O)N([C@@H]2CCOc3ccc(C(=O)NC4c5ccccc5OC4(C)COC)cc32)C(N)=N1. The molecule has 2 aromatic carbocycles. The van der Waals surface area contributed by atoms with Crippen LogP contribution in [0.3, 0.4) is 0 Å². The summed E-state index contributed by atoms with van der Waals surface area (Å²) in [5, 5.41) is 3.16. The van der Waals surface area contributed by atoms with Crippen LogP contribution in [0.4, 0.5) is 0 Å². The Morgan fingerprint density at radius 3 is 2.66 bits per heavy atom. The summed E-state index contributed by atoms with van der Waals surface area (Å²) < 4.78 is 17.5. The van der Waals surface area contributed by atoms with E-state index in [1.165, 1.54) is 0 Å². The number of aliphatic imine (C=N–C) groups is 1. The van der Waals surface area contributed by atoms with E-state index in [4.69, 9.17) is 24.9 Å². The van der Waals surface area contributed by atoms with Gasteiger partial charge < -0.3 is 25.3 Å². The normalized spacial score (nSPS) is 25.5. The lowest BCUT2D eigenvalue weighted by Crippen LogP contribution is -2.53. The van der Waals surface area contributed by atoms with Gasteiger partial charge in [-0.25, -0.2) is 4.99 Å². The summed E-state index contributed by atoms with van der Waals surface area (Å²) in [6.07, 6.45) is 2.36. The van der Waals surface area contributed by atoms with Crippen molar-refractivity contribution in [1.82, 2.24) is 10.2 Å². The highest BCUT2D eigenvalue weighted by molar-refractivity contribution is 6.00. The van der Waals surface area contributed by atoms with E-state index in [9.17, 15) is 9.59 Å². The Balaban J connectivity index is 1.45. The number of guanidine groups is 1. The van der Waals surface area contributed by atoms with Gasteiger partial charge in [-0.15, -0.1) is 0 Å². The van der Waals surface area contributed by atoms with E-state index in [0.717, 1.165) is 29.7 Å². The van der Waals surface area contributed by atoms with Gasteiger partial charge >= 0.3 is 0 Å². The molecule has 2 aromatic rings. The third kappa shape index (κ3) is 4.38. The maximum Gasteiger partial charge on any atom is 0.251 e. The minimum Gasteiger partial charge on any atom is -0.493 e. The Morgan fingerprint density at radius 1 is 1.18 bits per heavy atom. The second-order valence-electron chi connectivity index (χ2n) is 10.5. The van der Waals surface area contributed by atoms with Crippen LogP contribution in [0.25, 0.3) is 0 Å². The first kappa shape index (κ1) is 26.0. The molecule has 2 amide bonds. The average Bonchev–Trinajstić information content (AvgIpc) is 3.18. The van der Waals surface area contributed by atoms with E-state index in [2.05, 4.69) is 5.32 Å². The summed E-state index contributed by atoms with van der Waals surface area (Å²) in [4.78, 5) is 33.3. The van der Waals surface area contributed by atoms with Gasteiger partial charge in [0, 0.05) is 30.2 Å². The van der Waals surface area contributed by atoms with Crippen molar-refractivity contribution in [3.8, 4) is 11.5 Å². The van der Waals surface area contributed by atoms with E-state index in [-0.39, 0.29) is 23.8 Å². The number of carbonyl (C=O) groups is 2. The molecule has 3 N–H and O–H groups in total. The largest absolute Gasteiger partial charge is 0.493 e. The van der Waals surface area contributed by atoms with Crippen molar-refractivity contribution in [2.45, 2.75) is 69.7 Å². The molecule has 3 heterocycles. The van der Waals surface area contributed by atoms with Gasteiger partial charge in [0.15, 0.2) is 11.6 Å². The third-order valence-corrected chi connectivity index (χ3v) is 8.15. The van der Waals surface area contributed by atoms with Crippen LogP contribution >= 0.6 is 0 Å². The Hall–Kier alpha value is -3.59. The molecule has 3 aliphatic rings. The molecule has 3 aliphatic heterocycles. The predicted octanol–water partition coefficient (Wildman–Crippen LogP) is 3.88. The smallest absolute Gasteiger partial charge is 0.251 e. The zero-order valence-electron chi connectivity index (χ0n) is 22.5. The van der Waals surface area contributed by atoms with Gasteiger partial charge in [0.25, 0.3) is 5.91 Å². The molecule has 5 rings (SSSR count). The summed E-state index contributed by atoms with van der Waals surface area (Å²) in [6, 6.07) is 12.2. The number of hydrogen-bond donors (Lipinski definition) is 2. The number of fused-ring (bicyclic) bond motifs is 2. The minimum absolute atomic E-state index is 0.0519. The van der Waals surface area contributed by atoms with E-state index in [1.54, 1.807) is 30.2 Å². The first-order chi connectivity index (χ1) is 18.2.